The van der Waals surface area contributed by atoms with Crippen LogP contribution in [0.25, 0.3) is 0 Å². The van der Waals surface area contributed by atoms with Gasteiger partial charge in [-0.3, -0.25) is 4.79 Å². The fraction of sp³-hybridized carbons (Fsp3) is 0.438. The van der Waals surface area contributed by atoms with Crippen LogP contribution in [0, 0.1) is 0 Å². The lowest BCUT2D eigenvalue weighted by atomic mass is 10.1. The molecular formula is C16H19N3OS3. The molecule has 1 aromatic carbocycles. The van der Waals surface area contributed by atoms with Gasteiger partial charge >= 0.3 is 0 Å². The first-order valence-corrected chi connectivity index (χ1v) is 10.5. The Bertz CT molecular complexity index is 687. The summed E-state index contributed by atoms with van der Waals surface area (Å²) in [4.78, 5) is 12.1. The monoisotopic (exact) mass is 365 g/mol. The molecule has 0 aliphatic heterocycles. The van der Waals surface area contributed by atoms with E-state index in [1.54, 1.807) is 23.1 Å². The molecule has 1 aliphatic rings. The van der Waals surface area contributed by atoms with Gasteiger partial charge in [-0.15, -0.1) is 10.2 Å². The predicted octanol–water partition coefficient (Wildman–Crippen LogP) is 4.26. The normalized spacial score (nSPS) is 13.1. The van der Waals surface area contributed by atoms with Crippen molar-refractivity contribution in [3.05, 3.63) is 29.3 Å². The van der Waals surface area contributed by atoms with Crippen LogP contribution in [0.2, 0.25) is 0 Å². The van der Waals surface area contributed by atoms with Crippen molar-refractivity contribution in [2.75, 3.05) is 16.8 Å². The van der Waals surface area contributed by atoms with E-state index in [0.29, 0.717) is 5.75 Å². The van der Waals surface area contributed by atoms with Crippen LogP contribution < -0.4 is 5.32 Å². The van der Waals surface area contributed by atoms with Gasteiger partial charge in [0.05, 0.1) is 5.75 Å². The minimum Gasteiger partial charge on any atom is -0.325 e. The van der Waals surface area contributed by atoms with Crippen molar-refractivity contribution in [1.29, 1.82) is 0 Å². The molecule has 2 aromatic rings. The SMILES string of the molecule is CCCSc1nnc(SCC(=O)Nc2ccc3c(c2)CCC3)s1. The topological polar surface area (TPSA) is 54.9 Å². The fourth-order valence-corrected chi connectivity index (χ4v) is 5.22. The molecule has 1 aromatic heterocycles. The number of amides is 1. The molecule has 122 valence electrons. The van der Waals surface area contributed by atoms with E-state index in [1.807, 2.05) is 6.07 Å². The number of hydrogen-bond acceptors (Lipinski definition) is 6. The van der Waals surface area contributed by atoms with Crippen LogP contribution in [0.4, 0.5) is 5.69 Å². The fourth-order valence-electron chi connectivity index (χ4n) is 2.48. The Hall–Kier alpha value is -1.05. The molecule has 0 spiro atoms. The molecule has 0 unspecified atom stereocenters. The average Bonchev–Trinajstić information content (AvgIpc) is 3.19. The largest absolute Gasteiger partial charge is 0.325 e. The molecule has 1 N–H and O–H groups in total. The van der Waals surface area contributed by atoms with E-state index in [4.69, 9.17) is 0 Å². The van der Waals surface area contributed by atoms with E-state index < -0.39 is 0 Å². The van der Waals surface area contributed by atoms with Crippen molar-refractivity contribution in [2.24, 2.45) is 0 Å². The number of benzene rings is 1. The van der Waals surface area contributed by atoms with Crippen LogP contribution in [0.15, 0.2) is 26.9 Å². The Morgan fingerprint density at radius 1 is 1.22 bits per heavy atom. The molecule has 0 saturated heterocycles. The summed E-state index contributed by atoms with van der Waals surface area (Å²) < 4.78 is 1.83. The van der Waals surface area contributed by atoms with Crippen molar-refractivity contribution >= 4 is 46.5 Å². The number of fused-ring (bicyclic) bond motifs is 1. The maximum Gasteiger partial charge on any atom is 0.234 e. The second kappa shape index (κ2) is 8.17. The van der Waals surface area contributed by atoms with Gasteiger partial charge in [0.1, 0.15) is 0 Å². The minimum atomic E-state index is 0.00547. The number of carbonyl (C=O) groups is 1. The van der Waals surface area contributed by atoms with E-state index in [0.717, 1.165) is 39.4 Å². The van der Waals surface area contributed by atoms with Crippen LogP contribution in [0.5, 0.6) is 0 Å². The Kier molecular flexibility index (Phi) is 5.96. The number of hydrogen-bond donors (Lipinski definition) is 1. The summed E-state index contributed by atoms with van der Waals surface area (Å²) in [6, 6.07) is 6.24. The quantitative estimate of drug-likeness (QED) is 0.743. The standard InChI is InChI=1S/C16H19N3OS3/c1-2-8-21-15-18-19-16(23-15)22-10-14(20)17-13-7-6-11-4-3-5-12(11)9-13/h6-7,9H,2-5,8,10H2,1H3,(H,17,20). The number of nitrogens with zero attached hydrogens (tertiary/aromatic N) is 2. The maximum absolute atomic E-state index is 12.1. The zero-order valence-electron chi connectivity index (χ0n) is 13.0. The smallest absolute Gasteiger partial charge is 0.234 e. The molecular weight excluding hydrogens is 346 g/mol. The second-order valence-electron chi connectivity index (χ2n) is 5.36. The third kappa shape index (κ3) is 4.71. The summed E-state index contributed by atoms with van der Waals surface area (Å²) in [6.45, 7) is 2.15. The highest BCUT2D eigenvalue weighted by Crippen LogP contribution is 2.29. The van der Waals surface area contributed by atoms with Crippen LogP contribution in [0.1, 0.15) is 30.9 Å². The number of rotatable bonds is 7. The van der Waals surface area contributed by atoms with Gasteiger partial charge < -0.3 is 5.32 Å². The first-order chi connectivity index (χ1) is 11.2. The Labute approximate surface area is 148 Å². The molecule has 7 heteroatoms. The molecule has 0 atom stereocenters. The van der Waals surface area contributed by atoms with E-state index in [1.165, 1.54) is 29.3 Å². The predicted molar refractivity (Wildman–Crippen MR) is 98.7 cm³/mol. The Morgan fingerprint density at radius 3 is 2.83 bits per heavy atom. The Balaban J connectivity index is 1.48. The minimum absolute atomic E-state index is 0.00547. The lowest BCUT2D eigenvalue weighted by Crippen LogP contribution is -2.14. The van der Waals surface area contributed by atoms with Gasteiger partial charge in [-0.05, 0) is 48.9 Å². The van der Waals surface area contributed by atoms with Crippen molar-refractivity contribution in [1.82, 2.24) is 10.2 Å². The zero-order chi connectivity index (χ0) is 16.1. The number of nitrogens with one attached hydrogen (secondary N) is 1. The molecule has 1 heterocycles. The molecule has 0 radical (unpaired) electrons. The molecule has 23 heavy (non-hydrogen) atoms. The summed E-state index contributed by atoms with van der Waals surface area (Å²) in [6.07, 6.45) is 4.62. The second-order valence-corrected chi connectivity index (χ2v) is 8.90. The van der Waals surface area contributed by atoms with E-state index in [9.17, 15) is 4.79 Å². The van der Waals surface area contributed by atoms with Gasteiger partial charge in [0.2, 0.25) is 5.91 Å². The van der Waals surface area contributed by atoms with E-state index in [2.05, 4.69) is 34.6 Å². The highest BCUT2D eigenvalue weighted by atomic mass is 32.2. The van der Waals surface area contributed by atoms with Gasteiger partial charge in [0.25, 0.3) is 0 Å². The highest BCUT2D eigenvalue weighted by Gasteiger charge is 2.12. The molecule has 3 rings (SSSR count). The van der Waals surface area contributed by atoms with Crippen molar-refractivity contribution in [2.45, 2.75) is 41.3 Å². The van der Waals surface area contributed by atoms with Gasteiger partial charge in [0, 0.05) is 11.4 Å². The molecule has 0 bridgehead atoms. The molecule has 4 nitrogen and oxygen atoms in total. The summed E-state index contributed by atoms with van der Waals surface area (Å²) in [7, 11) is 0. The molecule has 0 fully saturated rings. The zero-order valence-corrected chi connectivity index (χ0v) is 15.5. The van der Waals surface area contributed by atoms with Gasteiger partial charge in [0.15, 0.2) is 8.68 Å². The van der Waals surface area contributed by atoms with Gasteiger partial charge in [-0.1, -0.05) is 47.9 Å². The third-order valence-electron chi connectivity index (χ3n) is 3.53. The molecule has 1 amide bonds. The van der Waals surface area contributed by atoms with Crippen molar-refractivity contribution in [3.8, 4) is 0 Å². The van der Waals surface area contributed by atoms with Gasteiger partial charge in [-0.25, -0.2) is 0 Å². The average molecular weight is 366 g/mol. The highest BCUT2D eigenvalue weighted by molar-refractivity contribution is 8.03. The number of thioether (sulfide) groups is 2. The summed E-state index contributed by atoms with van der Waals surface area (Å²) >= 11 is 4.73. The van der Waals surface area contributed by atoms with Crippen LogP contribution in [-0.2, 0) is 17.6 Å². The third-order valence-corrected chi connectivity index (χ3v) is 6.92. The number of anilines is 1. The molecule has 1 aliphatic carbocycles. The number of aryl methyl sites for hydroxylation is 2. The first-order valence-electron chi connectivity index (χ1n) is 7.75. The van der Waals surface area contributed by atoms with Crippen molar-refractivity contribution in [3.63, 3.8) is 0 Å². The summed E-state index contributed by atoms with van der Waals surface area (Å²) in [5.74, 6) is 1.42. The van der Waals surface area contributed by atoms with E-state index >= 15 is 0 Å². The van der Waals surface area contributed by atoms with Crippen LogP contribution in [0.3, 0.4) is 0 Å². The van der Waals surface area contributed by atoms with Crippen LogP contribution in [-0.4, -0.2) is 27.6 Å². The summed E-state index contributed by atoms with van der Waals surface area (Å²) in [5, 5.41) is 11.2. The van der Waals surface area contributed by atoms with E-state index in [-0.39, 0.29) is 5.91 Å². The first kappa shape index (κ1) is 16.8. The number of carbonyl (C=O) groups excluding carboxylic acids is 1. The van der Waals surface area contributed by atoms with Crippen LogP contribution >= 0.6 is 34.9 Å². The maximum atomic E-state index is 12.1. The Morgan fingerprint density at radius 2 is 2.00 bits per heavy atom. The van der Waals surface area contributed by atoms with Gasteiger partial charge in [-0.2, -0.15) is 0 Å². The van der Waals surface area contributed by atoms with Crippen molar-refractivity contribution < 1.29 is 4.79 Å². The summed E-state index contributed by atoms with van der Waals surface area (Å²) in [5.41, 5.74) is 3.69. The molecule has 0 saturated carbocycles. The number of aromatic nitrogens is 2. The lowest BCUT2D eigenvalue weighted by Gasteiger charge is -2.06. The lowest BCUT2D eigenvalue weighted by molar-refractivity contribution is -0.113.